The number of pyridine rings is 1. The summed E-state index contributed by atoms with van der Waals surface area (Å²) in [4.78, 5) is 10.3. The molecule has 1 aliphatic rings. The number of nitrogens with one attached hydrogen (secondary N) is 1. The lowest BCUT2D eigenvalue weighted by molar-refractivity contribution is 0.702. The molecule has 5 rings (SSSR count). The minimum Gasteiger partial charge on any atom is -0.353 e. The molecule has 1 atom stereocenters. The highest BCUT2D eigenvalue weighted by Gasteiger charge is 2.22. The average molecular weight is 390 g/mol. The van der Waals surface area contributed by atoms with Crippen molar-refractivity contribution in [1.82, 2.24) is 19.6 Å². The van der Waals surface area contributed by atoms with Crippen LogP contribution in [-0.4, -0.2) is 19.6 Å². The predicted octanol–water partition coefficient (Wildman–Crippen LogP) is 5.24. The van der Waals surface area contributed by atoms with Gasteiger partial charge in [0.1, 0.15) is 0 Å². The highest BCUT2D eigenvalue weighted by atomic mass is 32.1. The van der Waals surface area contributed by atoms with E-state index >= 15 is 0 Å². The van der Waals surface area contributed by atoms with Gasteiger partial charge in [0.05, 0.1) is 17.9 Å². The van der Waals surface area contributed by atoms with Crippen LogP contribution in [0.25, 0.3) is 4.96 Å². The van der Waals surface area contributed by atoms with Gasteiger partial charge in [-0.3, -0.25) is 4.98 Å². The Bertz CT molecular complexity index is 1000. The topological polar surface area (TPSA) is 55.1 Å². The Balaban J connectivity index is 1.39. The summed E-state index contributed by atoms with van der Waals surface area (Å²) in [6, 6.07) is 16.7. The number of aromatic nitrogens is 4. The van der Waals surface area contributed by atoms with Gasteiger partial charge in [-0.2, -0.15) is 0 Å². The molecule has 1 unspecified atom stereocenters. The highest BCUT2D eigenvalue weighted by Crippen LogP contribution is 2.35. The van der Waals surface area contributed by atoms with Gasteiger partial charge in [0.2, 0.25) is 10.1 Å². The third-order valence-corrected chi connectivity index (χ3v) is 6.33. The van der Waals surface area contributed by atoms with E-state index in [-0.39, 0.29) is 6.04 Å². The van der Waals surface area contributed by atoms with Crippen LogP contribution in [0.3, 0.4) is 0 Å². The lowest BCUT2D eigenvalue weighted by atomic mass is 10.0. The van der Waals surface area contributed by atoms with Gasteiger partial charge < -0.3 is 5.32 Å². The molecule has 3 heterocycles. The maximum atomic E-state index is 4.85. The average Bonchev–Trinajstić information content (AvgIpc) is 3.45. The van der Waals surface area contributed by atoms with E-state index in [0.717, 1.165) is 22.2 Å². The molecule has 0 radical (unpaired) electrons. The standard InChI is InChI=1S/C22H23N5S/c1-2-8-16(9-3-1)19(14-18-12-6-7-13-23-18)24-21-26-27-15-20(25-22(27)28-21)17-10-4-5-11-17/h1-3,6-9,12-13,15,17,19H,4-5,10-11,14H2,(H,24,26). The fraction of sp³-hybridized carbons (Fsp3) is 0.318. The van der Waals surface area contributed by atoms with E-state index in [4.69, 9.17) is 10.1 Å². The van der Waals surface area contributed by atoms with Gasteiger partial charge in [0.25, 0.3) is 0 Å². The minimum atomic E-state index is 0.112. The van der Waals surface area contributed by atoms with Crippen LogP contribution >= 0.6 is 11.3 Å². The van der Waals surface area contributed by atoms with Crippen molar-refractivity contribution in [2.45, 2.75) is 44.1 Å². The van der Waals surface area contributed by atoms with Crippen molar-refractivity contribution in [3.8, 4) is 0 Å². The molecule has 6 heteroatoms. The van der Waals surface area contributed by atoms with Gasteiger partial charge in [0.15, 0.2) is 0 Å². The van der Waals surface area contributed by atoms with E-state index < -0.39 is 0 Å². The fourth-order valence-corrected chi connectivity index (χ4v) is 4.85. The Hall–Kier alpha value is -2.73. The number of rotatable bonds is 6. The predicted molar refractivity (Wildman–Crippen MR) is 113 cm³/mol. The van der Waals surface area contributed by atoms with Crippen LogP contribution in [0.5, 0.6) is 0 Å². The zero-order valence-electron chi connectivity index (χ0n) is 15.7. The highest BCUT2D eigenvalue weighted by molar-refractivity contribution is 7.20. The Labute approximate surface area is 168 Å². The molecule has 1 aromatic carbocycles. The van der Waals surface area contributed by atoms with Gasteiger partial charge in [-0.1, -0.05) is 60.6 Å². The van der Waals surface area contributed by atoms with Crippen LogP contribution in [0.1, 0.15) is 54.6 Å². The first-order chi connectivity index (χ1) is 13.8. The van der Waals surface area contributed by atoms with Gasteiger partial charge in [-0.15, -0.1) is 5.10 Å². The third kappa shape index (κ3) is 3.64. The molecule has 1 saturated carbocycles. The van der Waals surface area contributed by atoms with E-state index in [2.05, 4.69) is 46.8 Å². The number of anilines is 1. The van der Waals surface area contributed by atoms with Crippen molar-refractivity contribution in [2.24, 2.45) is 0 Å². The fourth-order valence-electron chi connectivity index (χ4n) is 4.01. The van der Waals surface area contributed by atoms with Crippen molar-refractivity contribution < 1.29 is 0 Å². The Kier molecular flexibility index (Phi) is 4.79. The second kappa shape index (κ2) is 7.72. The molecule has 4 aromatic rings. The van der Waals surface area contributed by atoms with E-state index in [1.54, 1.807) is 11.3 Å². The van der Waals surface area contributed by atoms with Gasteiger partial charge >= 0.3 is 0 Å². The molecule has 0 saturated heterocycles. The van der Waals surface area contributed by atoms with Crippen molar-refractivity contribution >= 4 is 21.4 Å². The molecule has 0 amide bonds. The molecule has 1 aliphatic carbocycles. The van der Waals surface area contributed by atoms with Crippen molar-refractivity contribution in [3.63, 3.8) is 0 Å². The van der Waals surface area contributed by atoms with Crippen LogP contribution < -0.4 is 5.32 Å². The Morgan fingerprint density at radius 2 is 1.89 bits per heavy atom. The molecule has 0 bridgehead atoms. The zero-order valence-corrected chi connectivity index (χ0v) is 16.5. The summed E-state index contributed by atoms with van der Waals surface area (Å²) in [5.41, 5.74) is 3.50. The second-order valence-corrected chi connectivity index (χ2v) is 8.37. The molecule has 1 fully saturated rings. The number of nitrogens with zero attached hydrogens (tertiary/aromatic N) is 4. The van der Waals surface area contributed by atoms with Crippen LogP contribution in [0.15, 0.2) is 60.9 Å². The maximum Gasteiger partial charge on any atom is 0.214 e. The number of benzene rings is 1. The van der Waals surface area contributed by atoms with E-state index in [9.17, 15) is 0 Å². The first kappa shape index (κ1) is 17.4. The molecular formula is C22H23N5S. The number of hydrogen-bond donors (Lipinski definition) is 1. The molecule has 1 N–H and O–H groups in total. The summed E-state index contributed by atoms with van der Waals surface area (Å²) in [6.45, 7) is 0. The first-order valence-corrected chi connectivity index (χ1v) is 10.7. The van der Waals surface area contributed by atoms with Crippen LogP contribution in [-0.2, 0) is 6.42 Å². The summed E-state index contributed by atoms with van der Waals surface area (Å²) in [6.07, 6.45) is 9.93. The van der Waals surface area contributed by atoms with E-state index in [1.807, 2.05) is 28.9 Å². The summed E-state index contributed by atoms with van der Waals surface area (Å²) < 4.78 is 1.93. The van der Waals surface area contributed by atoms with Crippen molar-refractivity contribution in [3.05, 3.63) is 77.9 Å². The van der Waals surface area contributed by atoms with Crippen molar-refractivity contribution in [1.29, 1.82) is 0 Å². The number of fused-ring (bicyclic) bond motifs is 1. The lowest BCUT2D eigenvalue weighted by Crippen LogP contribution is -2.14. The summed E-state index contributed by atoms with van der Waals surface area (Å²) in [7, 11) is 0. The van der Waals surface area contributed by atoms with Gasteiger partial charge in [0, 0.05) is 24.2 Å². The molecule has 142 valence electrons. The van der Waals surface area contributed by atoms with Gasteiger partial charge in [-0.05, 0) is 30.5 Å². The molecule has 0 spiro atoms. The molecule has 0 aliphatic heterocycles. The Morgan fingerprint density at radius 3 is 2.64 bits per heavy atom. The SMILES string of the molecule is c1ccc(C(Cc2ccccn2)Nc2nn3cc(C4CCCC4)nc3s2)cc1. The number of hydrogen-bond acceptors (Lipinski definition) is 5. The van der Waals surface area contributed by atoms with E-state index in [1.165, 1.54) is 36.9 Å². The van der Waals surface area contributed by atoms with E-state index in [0.29, 0.717) is 5.92 Å². The monoisotopic (exact) mass is 389 g/mol. The van der Waals surface area contributed by atoms with Crippen molar-refractivity contribution in [2.75, 3.05) is 5.32 Å². The maximum absolute atomic E-state index is 4.85. The summed E-state index contributed by atoms with van der Waals surface area (Å²) in [5.74, 6) is 0.617. The second-order valence-electron chi connectivity index (χ2n) is 7.41. The molecule has 28 heavy (non-hydrogen) atoms. The van der Waals surface area contributed by atoms with Gasteiger partial charge in [-0.25, -0.2) is 9.50 Å². The lowest BCUT2D eigenvalue weighted by Gasteiger charge is -2.18. The summed E-state index contributed by atoms with van der Waals surface area (Å²) >= 11 is 1.62. The summed E-state index contributed by atoms with van der Waals surface area (Å²) in [5, 5.41) is 9.26. The minimum absolute atomic E-state index is 0.112. The number of imidazole rings is 1. The smallest absolute Gasteiger partial charge is 0.214 e. The molecule has 3 aromatic heterocycles. The molecule has 5 nitrogen and oxygen atoms in total. The first-order valence-electron chi connectivity index (χ1n) is 9.93. The van der Waals surface area contributed by atoms with Crippen LogP contribution in [0.4, 0.5) is 5.13 Å². The quantitative estimate of drug-likeness (QED) is 0.490. The molecular weight excluding hydrogens is 366 g/mol. The largest absolute Gasteiger partial charge is 0.353 e. The van der Waals surface area contributed by atoms with Crippen LogP contribution in [0, 0.1) is 0 Å². The third-order valence-electron chi connectivity index (χ3n) is 5.47. The zero-order chi connectivity index (χ0) is 18.8. The normalized spacial score (nSPS) is 15.9. The Morgan fingerprint density at radius 1 is 1.07 bits per heavy atom. The van der Waals surface area contributed by atoms with Crippen LogP contribution in [0.2, 0.25) is 0 Å².